The van der Waals surface area contributed by atoms with Crippen LogP contribution in [0.1, 0.15) is 331 Å². The van der Waals surface area contributed by atoms with Crippen LogP contribution in [0.2, 0.25) is 0 Å². The number of hydrogen-bond acceptors (Lipinski definition) is 15. The third-order valence-corrected chi connectivity index (χ3v) is 18.2. The van der Waals surface area contributed by atoms with Crippen LogP contribution < -0.4 is 0 Å². The number of esters is 4. The van der Waals surface area contributed by atoms with Crippen LogP contribution in [0.15, 0.2) is 0 Å². The highest BCUT2D eigenvalue weighted by Gasteiger charge is 2.30. The fraction of sp³-hybridized carbons (Fsp3) is 0.941. The standard InChI is InChI=1S/C68H132O17P2/c1-9-60(7)46-38-30-21-17-14-15-19-23-35-43-51-68(73)84-63(54-78-65(70)48-40-32-26-24-29-37-45-59(5)6)56-82-86(74,75)80-52-62(69)53-81-87(76,77)83-57-64(55-79-66(71)49-41-33-27-25-31-39-47-61(8)10-2)85-67(72)50-42-34-22-18-13-11-12-16-20-28-36-44-58(3)4/h58-64,69H,9-57H2,1-8H3,(H,74,75)(H,76,77)/t60?,61?,62-,63+,64+/m0/s1. The summed E-state index contributed by atoms with van der Waals surface area (Å²) in [4.78, 5) is 72.4. The molecule has 0 fully saturated rings. The first-order valence-electron chi connectivity index (χ1n) is 35.3. The van der Waals surface area contributed by atoms with Crippen molar-refractivity contribution in [1.29, 1.82) is 0 Å². The molecule has 0 saturated carbocycles. The molecule has 0 aromatic heterocycles. The number of hydrogen-bond donors (Lipinski definition) is 3. The van der Waals surface area contributed by atoms with Crippen molar-refractivity contribution in [2.45, 2.75) is 350 Å². The molecule has 7 atom stereocenters. The summed E-state index contributed by atoms with van der Waals surface area (Å²) in [5, 5.41) is 10.6. The summed E-state index contributed by atoms with van der Waals surface area (Å²) in [5.41, 5.74) is 0. The van der Waals surface area contributed by atoms with E-state index in [2.05, 4.69) is 55.4 Å². The number of unbranched alkanes of at least 4 members (excludes halogenated alkanes) is 29. The molecular weight excluding hydrogens is 1150 g/mol. The second-order valence-corrected chi connectivity index (χ2v) is 28.9. The number of ether oxygens (including phenoxy) is 4. The Kier molecular flexibility index (Phi) is 56.6. The normalized spacial score (nSPS) is 15.0. The Bertz CT molecular complexity index is 1730. The minimum Gasteiger partial charge on any atom is -0.462 e. The van der Waals surface area contributed by atoms with E-state index in [9.17, 15) is 43.2 Å². The molecule has 0 heterocycles. The van der Waals surface area contributed by atoms with Gasteiger partial charge in [0.2, 0.25) is 0 Å². The van der Waals surface area contributed by atoms with Crippen LogP contribution >= 0.6 is 15.6 Å². The highest BCUT2D eigenvalue weighted by molar-refractivity contribution is 7.47. The van der Waals surface area contributed by atoms with Gasteiger partial charge in [0.15, 0.2) is 12.2 Å². The first-order chi connectivity index (χ1) is 41.7. The van der Waals surface area contributed by atoms with Crippen molar-refractivity contribution >= 4 is 39.5 Å². The van der Waals surface area contributed by atoms with Gasteiger partial charge in [0.25, 0.3) is 0 Å². The van der Waals surface area contributed by atoms with E-state index < -0.39 is 97.5 Å². The summed E-state index contributed by atoms with van der Waals surface area (Å²) < 4.78 is 68.2. The van der Waals surface area contributed by atoms with Crippen LogP contribution in [0, 0.1) is 23.7 Å². The Morgan fingerprint density at radius 2 is 0.552 bits per heavy atom. The lowest BCUT2D eigenvalue weighted by molar-refractivity contribution is -0.161. The maximum Gasteiger partial charge on any atom is 0.472 e. The number of phosphoric acid groups is 2. The lowest BCUT2D eigenvalue weighted by atomic mass is 9.99. The number of carbonyl (C=O) groups excluding carboxylic acids is 4. The number of rotatable bonds is 65. The lowest BCUT2D eigenvalue weighted by Gasteiger charge is -2.21. The topological polar surface area (TPSA) is 237 Å². The number of aliphatic hydroxyl groups excluding tert-OH is 1. The highest BCUT2D eigenvalue weighted by Crippen LogP contribution is 2.45. The number of aliphatic hydroxyl groups is 1. The van der Waals surface area contributed by atoms with Crippen LogP contribution in [-0.2, 0) is 65.4 Å². The molecule has 3 N–H and O–H groups in total. The second-order valence-electron chi connectivity index (χ2n) is 26.0. The lowest BCUT2D eigenvalue weighted by Crippen LogP contribution is -2.30. The molecule has 0 aliphatic heterocycles. The average molecular weight is 1280 g/mol. The Morgan fingerprint density at radius 3 is 0.816 bits per heavy atom. The maximum absolute atomic E-state index is 13.0. The van der Waals surface area contributed by atoms with E-state index in [-0.39, 0.29) is 25.7 Å². The van der Waals surface area contributed by atoms with Gasteiger partial charge in [0, 0.05) is 25.7 Å². The fourth-order valence-electron chi connectivity index (χ4n) is 10.1. The third kappa shape index (κ3) is 60.1. The summed E-state index contributed by atoms with van der Waals surface area (Å²) in [7, 11) is -9.90. The second kappa shape index (κ2) is 57.9. The van der Waals surface area contributed by atoms with E-state index in [4.69, 9.17) is 37.0 Å². The summed E-state index contributed by atoms with van der Waals surface area (Å²) in [6.07, 6.45) is 39.0. The van der Waals surface area contributed by atoms with Crippen LogP contribution in [0.4, 0.5) is 0 Å². The van der Waals surface area contributed by atoms with Crippen molar-refractivity contribution in [3.8, 4) is 0 Å². The van der Waals surface area contributed by atoms with Crippen molar-refractivity contribution < 1.29 is 80.2 Å². The third-order valence-electron chi connectivity index (χ3n) is 16.3. The van der Waals surface area contributed by atoms with Gasteiger partial charge in [0.1, 0.15) is 19.3 Å². The first kappa shape index (κ1) is 85.1. The minimum atomic E-state index is -4.95. The largest absolute Gasteiger partial charge is 0.472 e. The highest BCUT2D eigenvalue weighted by atomic mass is 31.2. The van der Waals surface area contributed by atoms with Gasteiger partial charge < -0.3 is 33.8 Å². The van der Waals surface area contributed by atoms with E-state index in [1.165, 1.54) is 122 Å². The van der Waals surface area contributed by atoms with Crippen molar-refractivity contribution in [1.82, 2.24) is 0 Å². The molecule has 0 aromatic rings. The number of carbonyl (C=O) groups is 4. The molecule has 0 aromatic carbocycles. The Hall–Kier alpha value is -1.94. The van der Waals surface area contributed by atoms with Crippen molar-refractivity contribution in [2.24, 2.45) is 23.7 Å². The van der Waals surface area contributed by atoms with E-state index in [1.807, 2.05) is 0 Å². The fourth-order valence-corrected chi connectivity index (χ4v) is 11.7. The number of phosphoric ester groups is 2. The molecular formula is C68H132O17P2. The van der Waals surface area contributed by atoms with Gasteiger partial charge in [-0.25, -0.2) is 9.13 Å². The van der Waals surface area contributed by atoms with Gasteiger partial charge in [-0.05, 0) is 49.4 Å². The zero-order chi connectivity index (χ0) is 64.7. The minimum absolute atomic E-state index is 0.104. The van der Waals surface area contributed by atoms with Gasteiger partial charge in [-0.3, -0.25) is 37.3 Å². The molecule has 0 radical (unpaired) electrons. The summed E-state index contributed by atoms with van der Waals surface area (Å²) in [6, 6.07) is 0. The van der Waals surface area contributed by atoms with E-state index in [0.29, 0.717) is 31.6 Å². The van der Waals surface area contributed by atoms with Gasteiger partial charge >= 0.3 is 39.5 Å². The van der Waals surface area contributed by atoms with Crippen LogP contribution in [-0.4, -0.2) is 96.7 Å². The first-order valence-corrected chi connectivity index (χ1v) is 38.3. The Balaban J connectivity index is 5.25. The monoisotopic (exact) mass is 1280 g/mol. The van der Waals surface area contributed by atoms with Crippen LogP contribution in [0.3, 0.4) is 0 Å². The molecule has 17 nitrogen and oxygen atoms in total. The zero-order valence-electron chi connectivity index (χ0n) is 56.6. The smallest absolute Gasteiger partial charge is 0.462 e. The van der Waals surface area contributed by atoms with Crippen molar-refractivity contribution in [3.63, 3.8) is 0 Å². The Morgan fingerprint density at radius 1 is 0.322 bits per heavy atom. The van der Waals surface area contributed by atoms with Gasteiger partial charge in [-0.2, -0.15) is 0 Å². The zero-order valence-corrected chi connectivity index (χ0v) is 58.4. The molecule has 0 saturated heterocycles. The molecule has 87 heavy (non-hydrogen) atoms. The van der Waals surface area contributed by atoms with Crippen molar-refractivity contribution in [2.75, 3.05) is 39.6 Å². The molecule has 0 aliphatic rings. The molecule has 0 bridgehead atoms. The summed E-state index contributed by atoms with van der Waals surface area (Å²) in [6.45, 7) is 14.0. The quantitative estimate of drug-likeness (QED) is 0.0222. The van der Waals surface area contributed by atoms with Crippen LogP contribution in [0.25, 0.3) is 0 Å². The predicted octanol–water partition coefficient (Wildman–Crippen LogP) is 18.9. The summed E-state index contributed by atoms with van der Waals surface area (Å²) in [5.74, 6) is 0.844. The van der Waals surface area contributed by atoms with E-state index >= 15 is 0 Å². The molecule has 0 rings (SSSR count). The maximum atomic E-state index is 13.0. The molecule has 0 amide bonds. The molecule has 516 valence electrons. The molecule has 4 unspecified atom stereocenters. The van der Waals surface area contributed by atoms with Gasteiger partial charge in [0.05, 0.1) is 26.4 Å². The summed E-state index contributed by atoms with van der Waals surface area (Å²) >= 11 is 0. The van der Waals surface area contributed by atoms with Gasteiger partial charge in [-0.1, -0.05) is 280 Å². The van der Waals surface area contributed by atoms with Crippen LogP contribution in [0.5, 0.6) is 0 Å². The molecule has 0 aliphatic carbocycles. The predicted molar refractivity (Wildman–Crippen MR) is 349 cm³/mol. The van der Waals surface area contributed by atoms with Crippen molar-refractivity contribution in [3.05, 3.63) is 0 Å². The van der Waals surface area contributed by atoms with Gasteiger partial charge in [-0.15, -0.1) is 0 Å². The van der Waals surface area contributed by atoms with E-state index in [1.54, 1.807) is 0 Å². The molecule has 19 heteroatoms. The Labute approximate surface area is 530 Å². The SMILES string of the molecule is CCC(C)CCCCCCCCCCCCC(=O)O[C@H](COC(=O)CCCCCCCCC(C)C)COP(=O)(O)OC[C@H](O)COP(=O)(O)OC[C@@H](COC(=O)CCCCCCCCC(C)CC)OC(=O)CCCCCCCCCCCCCC(C)C. The van der Waals surface area contributed by atoms with E-state index in [0.717, 1.165) is 120 Å². The average Bonchev–Trinajstić information content (AvgIpc) is 3.63. The molecule has 0 spiro atoms.